The van der Waals surface area contributed by atoms with Crippen molar-refractivity contribution < 1.29 is 4.79 Å². The van der Waals surface area contributed by atoms with Crippen LogP contribution >= 0.6 is 11.6 Å². The van der Waals surface area contributed by atoms with Crippen molar-refractivity contribution in [2.45, 2.75) is 0 Å². The van der Waals surface area contributed by atoms with E-state index in [9.17, 15) is 4.79 Å². The molecular weight excluding hydrogens is 168 g/mol. The van der Waals surface area contributed by atoms with Gasteiger partial charge in [0.25, 0.3) is 5.91 Å². The summed E-state index contributed by atoms with van der Waals surface area (Å²) in [6, 6.07) is 1.25. The van der Waals surface area contributed by atoms with E-state index in [1.807, 2.05) is 0 Å². The van der Waals surface area contributed by atoms with Crippen molar-refractivity contribution in [1.82, 2.24) is 9.97 Å². The lowest BCUT2D eigenvalue weighted by Gasteiger charge is -1.95. The predicted molar refractivity (Wildman–Crippen MR) is 40.0 cm³/mol. The highest BCUT2D eigenvalue weighted by Gasteiger charge is 2.04. The first-order valence-corrected chi connectivity index (χ1v) is 3.07. The highest BCUT2D eigenvalue weighted by Crippen LogP contribution is 2.07. The van der Waals surface area contributed by atoms with Crippen LogP contribution in [0.4, 0.5) is 5.95 Å². The Morgan fingerprint density at radius 2 is 2.18 bits per heavy atom. The van der Waals surface area contributed by atoms with E-state index in [4.69, 9.17) is 23.1 Å². The first-order valence-electron chi connectivity index (χ1n) is 2.69. The smallest absolute Gasteiger partial charge is 0.267 e. The molecule has 6 heteroatoms. The predicted octanol–water partition coefficient (Wildman–Crippen LogP) is -0.189. The molecular formula is C5H5ClN4O. The fourth-order valence-corrected chi connectivity index (χ4v) is 0.751. The maximum absolute atomic E-state index is 10.5. The topological polar surface area (TPSA) is 94.9 Å². The van der Waals surface area contributed by atoms with Crippen LogP contribution in [0.1, 0.15) is 10.5 Å². The molecule has 11 heavy (non-hydrogen) atoms. The third-order valence-electron chi connectivity index (χ3n) is 0.965. The minimum absolute atomic E-state index is 0.0162. The van der Waals surface area contributed by atoms with Crippen LogP contribution in [0.25, 0.3) is 0 Å². The van der Waals surface area contributed by atoms with Gasteiger partial charge in [-0.05, 0) is 0 Å². The lowest BCUT2D eigenvalue weighted by atomic mass is 10.4. The van der Waals surface area contributed by atoms with Gasteiger partial charge in [-0.25, -0.2) is 9.97 Å². The first kappa shape index (κ1) is 7.74. The molecule has 0 aliphatic heterocycles. The Hall–Kier alpha value is -1.36. The van der Waals surface area contributed by atoms with E-state index in [0.717, 1.165) is 0 Å². The number of carbonyl (C=O) groups is 1. The van der Waals surface area contributed by atoms with E-state index in [1.54, 1.807) is 0 Å². The minimum atomic E-state index is -0.680. The Morgan fingerprint density at radius 3 is 2.64 bits per heavy atom. The number of halogens is 1. The highest BCUT2D eigenvalue weighted by atomic mass is 35.5. The molecule has 0 aromatic carbocycles. The minimum Gasteiger partial charge on any atom is -0.368 e. The Balaban J connectivity index is 3.19. The number of hydrogen-bond acceptors (Lipinski definition) is 4. The molecule has 0 bridgehead atoms. The largest absolute Gasteiger partial charge is 0.368 e. The number of rotatable bonds is 1. The molecule has 0 saturated heterocycles. The summed E-state index contributed by atoms with van der Waals surface area (Å²) < 4.78 is 0. The Labute approximate surface area is 67.4 Å². The number of aromatic nitrogens is 2. The first-order chi connectivity index (χ1) is 5.09. The van der Waals surface area contributed by atoms with Crippen molar-refractivity contribution in [3.05, 3.63) is 16.9 Å². The molecule has 1 heterocycles. The number of nitrogens with zero attached hydrogens (tertiary/aromatic N) is 2. The summed E-state index contributed by atoms with van der Waals surface area (Å²) in [7, 11) is 0. The zero-order valence-corrected chi connectivity index (χ0v) is 6.17. The number of hydrogen-bond donors (Lipinski definition) is 2. The zero-order valence-electron chi connectivity index (χ0n) is 5.41. The second kappa shape index (κ2) is 2.71. The molecule has 0 aliphatic rings. The molecule has 0 saturated carbocycles. The van der Waals surface area contributed by atoms with Crippen LogP contribution in [0, 0.1) is 0 Å². The summed E-state index contributed by atoms with van der Waals surface area (Å²) in [5, 5.41) is 0.103. The highest BCUT2D eigenvalue weighted by molar-refractivity contribution is 6.29. The maximum Gasteiger partial charge on any atom is 0.267 e. The molecule has 58 valence electrons. The Morgan fingerprint density at radius 1 is 1.55 bits per heavy atom. The summed E-state index contributed by atoms with van der Waals surface area (Å²) in [6.07, 6.45) is 0. The summed E-state index contributed by atoms with van der Waals surface area (Å²) in [5.41, 5.74) is 10.1. The molecule has 1 rings (SSSR count). The third-order valence-corrected chi connectivity index (χ3v) is 1.16. The summed E-state index contributed by atoms with van der Waals surface area (Å²) >= 11 is 5.46. The molecule has 0 atom stereocenters. The van der Waals surface area contributed by atoms with Crippen molar-refractivity contribution in [2.75, 3.05) is 5.73 Å². The van der Waals surface area contributed by atoms with E-state index >= 15 is 0 Å². The number of carbonyl (C=O) groups excluding carboxylic acids is 1. The van der Waals surface area contributed by atoms with Crippen LogP contribution in [-0.2, 0) is 0 Å². The average molecular weight is 173 g/mol. The second-order valence-corrected chi connectivity index (χ2v) is 2.19. The van der Waals surface area contributed by atoms with Gasteiger partial charge < -0.3 is 11.5 Å². The summed E-state index contributed by atoms with van der Waals surface area (Å²) in [4.78, 5) is 17.6. The van der Waals surface area contributed by atoms with Crippen molar-refractivity contribution in [2.24, 2.45) is 5.73 Å². The van der Waals surface area contributed by atoms with Gasteiger partial charge in [0.05, 0.1) is 0 Å². The molecule has 0 radical (unpaired) electrons. The molecule has 4 N–H and O–H groups in total. The van der Waals surface area contributed by atoms with E-state index < -0.39 is 5.91 Å². The lowest BCUT2D eigenvalue weighted by Crippen LogP contribution is -2.14. The number of amides is 1. The van der Waals surface area contributed by atoms with Crippen molar-refractivity contribution >= 4 is 23.5 Å². The van der Waals surface area contributed by atoms with Crippen molar-refractivity contribution in [3.63, 3.8) is 0 Å². The van der Waals surface area contributed by atoms with E-state index in [1.165, 1.54) is 6.07 Å². The zero-order chi connectivity index (χ0) is 8.43. The van der Waals surface area contributed by atoms with Crippen LogP contribution in [0.15, 0.2) is 6.07 Å². The van der Waals surface area contributed by atoms with Gasteiger partial charge >= 0.3 is 0 Å². The Kier molecular flexibility index (Phi) is 1.91. The molecule has 0 aliphatic carbocycles. The van der Waals surface area contributed by atoms with Gasteiger partial charge in [0.2, 0.25) is 5.95 Å². The summed E-state index contributed by atoms with van der Waals surface area (Å²) in [6.45, 7) is 0. The maximum atomic E-state index is 10.5. The van der Waals surface area contributed by atoms with Crippen molar-refractivity contribution in [3.8, 4) is 0 Å². The third kappa shape index (κ3) is 1.78. The number of anilines is 1. The van der Waals surface area contributed by atoms with Crippen LogP contribution < -0.4 is 11.5 Å². The molecule has 0 unspecified atom stereocenters. The van der Waals surface area contributed by atoms with Crippen molar-refractivity contribution in [1.29, 1.82) is 0 Å². The molecule has 5 nitrogen and oxygen atoms in total. The van der Waals surface area contributed by atoms with Gasteiger partial charge in [0.1, 0.15) is 10.8 Å². The Bertz CT molecular complexity index is 280. The number of nitrogens with two attached hydrogens (primary N) is 2. The van der Waals surface area contributed by atoms with Crippen LogP contribution in [0.3, 0.4) is 0 Å². The van der Waals surface area contributed by atoms with E-state index in [2.05, 4.69) is 9.97 Å². The fourth-order valence-electron chi connectivity index (χ4n) is 0.561. The molecule has 1 aromatic heterocycles. The van der Waals surface area contributed by atoms with Crippen LogP contribution in [0.2, 0.25) is 5.15 Å². The second-order valence-electron chi connectivity index (χ2n) is 1.80. The standard InChI is InChI=1S/C5H5ClN4O/c6-3-1-2(4(7)11)9-5(8)10-3/h1H,(H2,7,11)(H2,8,9,10). The van der Waals surface area contributed by atoms with E-state index in [-0.39, 0.29) is 16.8 Å². The van der Waals surface area contributed by atoms with Gasteiger partial charge in [-0.15, -0.1) is 0 Å². The molecule has 0 fully saturated rings. The van der Waals surface area contributed by atoms with Gasteiger partial charge in [-0.2, -0.15) is 0 Å². The number of nitrogen functional groups attached to an aromatic ring is 1. The van der Waals surface area contributed by atoms with E-state index in [0.29, 0.717) is 0 Å². The molecule has 0 spiro atoms. The quantitative estimate of drug-likeness (QED) is 0.574. The van der Waals surface area contributed by atoms with Gasteiger partial charge in [0.15, 0.2) is 0 Å². The van der Waals surface area contributed by atoms with Crippen LogP contribution in [0.5, 0.6) is 0 Å². The van der Waals surface area contributed by atoms with Crippen LogP contribution in [-0.4, -0.2) is 15.9 Å². The normalized spacial score (nSPS) is 9.55. The molecule has 1 aromatic rings. The summed E-state index contributed by atoms with van der Waals surface area (Å²) in [5.74, 6) is -0.743. The van der Waals surface area contributed by atoms with Gasteiger partial charge in [-0.1, -0.05) is 11.6 Å². The molecule has 1 amide bonds. The lowest BCUT2D eigenvalue weighted by molar-refractivity contribution is 0.0995. The fraction of sp³-hybridized carbons (Fsp3) is 0. The average Bonchev–Trinajstić information content (AvgIpc) is 1.85. The van der Waals surface area contributed by atoms with Gasteiger partial charge in [0, 0.05) is 6.07 Å². The van der Waals surface area contributed by atoms with Gasteiger partial charge in [-0.3, -0.25) is 4.79 Å². The monoisotopic (exact) mass is 172 g/mol. The number of primary amides is 1. The SMILES string of the molecule is NC(=O)c1cc(Cl)nc(N)n1.